The molecule has 3 aromatic carbocycles. The number of carbonyl (C=O) groups excluding carboxylic acids is 2. The molecule has 1 aliphatic carbocycles. The van der Waals surface area contributed by atoms with Gasteiger partial charge in [-0.1, -0.05) is 48.5 Å². The van der Waals surface area contributed by atoms with Crippen molar-refractivity contribution in [1.29, 1.82) is 0 Å². The van der Waals surface area contributed by atoms with Crippen molar-refractivity contribution < 1.29 is 9.59 Å². The molecule has 0 aliphatic heterocycles. The molecule has 0 saturated carbocycles. The highest BCUT2D eigenvalue weighted by atomic mass is 16.2. The van der Waals surface area contributed by atoms with Crippen molar-refractivity contribution in [2.24, 2.45) is 0 Å². The second-order valence-electron chi connectivity index (χ2n) is 7.17. The van der Waals surface area contributed by atoms with Crippen LogP contribution in [-0.4, -0.2) is 25.8 Å². The number of amides is 1. The third-order valence-electron chi connectivity index (χ3n) is 5.16. The van der Waals surface area contributed by atoms with E-state index in [0.717, 1.165) is 22.4 Å². The summed E-state index contributed by atoms with van der Waals surface area (Å²) in [6.45, 7) is 0. The Hall–Kier alpha value is -3.40. The molecule has 0 fully saturated rings. The SMILES string of the molecule is CN(C)c1ccccc1C(=O)Nc1ccc(-c2ccccc2)c2c1C(=O)CC2. The van der Waals surface area contributed by atoms with Crippen LogP contribution in [0.5, 0.6) is 0 Å². The maximum absolute atomic E-state index is 13.0. The van der Waals surface area contributed by atoms with Crippen LogP contribution in [0.2, 0.25) is 0 Å². The van der Waals surface area contributed by atoms with E-state index in [-0.39, 0.29) is 11.7 Å². The molecule has 0 aromatic heterocycles. The minimum Gasteiger partial charge on any atom is -0.377 e. The van der Waals surface area contributed by atoms with Crippen molar-refractivity contribution in [3.8, 4) is 11.1 Å². The number of benzene rings is 3. The minimum atomic E-state index is -0.210. The molecule has 4 rings (SSSR count). The predicted octanol–water partition coefficient (Wildman–Crippen LogP) is 4.80. The molecule has 0 heterocycles. The van der Waals surface area contributed by atoms with Gasteiger partial charge >= 0.3 is 0 Å². The first kappa shape index (κ1) is 18.0. The van der Waals surface area contributed by atoms with E-state index in [9.17, 15) is 9.59 Å². The highest BCUT2D eigenvalue weighted by molar-refractivity contribution is 6.14. The summed E-state index contributed by atoms with van der Waals surface area (Å²) in [6.07, 6.45) is 1.19. The number of para-hydroxylation sites is 1. The van der Waals surface area contributed by atoms with E-state index in [1.165, 1.54) is 0 Å². The Morgan fingerprint density at radius 2 is 1.61 bits per heavy atom. The molecule has 1 aliphatic rings. The number of hydrogen-bond donors (Lipinski definition) is 1. The molecule has 0 spiro atoms. The molecule has 4 heteroatoms. The fourth-order valence-electron chi connectivity index (χ4n) is 3.83. The first-order valence-electron chi connectivity index (χ1n) is 9.38. The first-order chi connectivity index (χ1) is 13.6. The molecule has 28 heavy (non-hydrogen) atoms. The number of nitrogens with one attached hydrogen (secondary N) is 1. The Balaban J connectivity index is 1.73. The van der Waals surface area contributed by atoms with Crippen LogP contribution in [0.3, 0.4) is 0 Å². The summed E-state index contributed by atoms with van der Waals surface area (Å²) in [5.41, 5.74) is 5.84. The van der Waals surface area contributed by atoms with Crippen molar-refractivity contribution in [3.63, 3.8) is 0 Å². The van der Waals surface area contributed by atoms with Gasteiger partial charge in [0.1, 0.15) is 0 Å². The lowest BCUT2D eigenvalue weighted by atomic mass is 9.95. The molecule has 1 amide bonds. The summed E-state index contributed by atoms with van der Waals surface area (Å²) in [5, 5.41) is 2.98. The number of nitrogens with zero attached hydrogens (tertiary/aromatic N) is 1. The monoisotopic (exact) mass is 370 g/mol. The zero-order valence-electron chi connectivity index (χ0n) is 16.0. The van der Waals surface area contributed by atoms with Gasteiger partial charge in [0, 0.05) is 31.8 Å². The second kappa shape index (κ2) is 7.31. The molecule has 1 N–H and O–H groups in total. The van der Waals surface area contributed by atoms with E-state index in [1.54, 1.807) is 6.07 Å². The summed E-state index contributed by atoms with van der Waals surface area (Å²) in [7, 11) is 3.81. The van der Waals surface area contributed by atoms with Gasteiger partial charge in [-0.25, -0.2) is 0 Å². The van der Waals surface area contributed by atoms with Gasteiger partial charge in [-0.15, -0.1) is 0 Å². The average Bonchev–Trinajstić information content (AvgIpc) is 3.11. The van der Waals surface area contributed by atoms with Gasteiger partial charge in [0.05, 0.1) is 11.3 Å². The zero-order chi connectivity index (χ0) is 19.7. The van der Waals surface area contributed by atoms with Crippen LogP contribution in [-0.2, 0) is 6.42 Å². The van der Waals surface area contributed by atoms with Gasteiger partial charge in [0.25, 0.3) is 5.91 Å². The zero-order valence-corrected chi connectivity index (χ0v) is 16.0. The highest BCUT2D eigenvalue weighted by Gasteiger charge is 2.27. The van der Waals surface area contributed by atoms with Crippen LogP contribution >= 0.6 is 0 Å². The van der Waals surface area contributed by atoms with E-state index in [2.05, 4.69) is 5.32 Å². The predicted molar refractivity (Wildman–Crippen MR) is 113 cm³/mol. The third kappa shape index (κ3) is 3.18. The second-order valence-corrected chi connectivity index (χ2v) is 7.17. The lowest BCUT2D eigenvalue weighted by Gasteiger charge is -2.18. The van der Waals surface area contributed by atoms with E-state index in [1.807, 2.05) is 79.7 Å². The topological polar surface area (TPSA) is 49.4 Å². The number of rotatable bonds is 4. The van der Waals surface area contributed by atoms with Gasteiger partial charge in [0.2, 0.25) is 0 Å². The first-order valence-corrected chi connectivity index (χ1v) is 9.38. The van der Waals surface area contributed by atoms with Crippen LogP contribution in [0.15, 0.2) is 66.7 Å². The molecule has 4 nitrogen and oxygen atoms in total. The number of fused-ring (bicyclic) bond motifs is 1. The van der Waals surface area contributed by atoms with E-state index < -0.39 is 0 Å². The van der Waals surface area contributed by atoms with Gasteiger partial charge in [-0.3, -0.25) is 9.59 Å². The van der Waals surface area contributed by atoms with E-state index >= 15 is 0 Å². The van der Waals surface area contributed by atoms with Gasteiger partial charge in [-0.05, 0) is 41.3 Å². The molecule has 0 atom stereocenters. The molecule has 3 aromatic rings. The Morgan fingerprint density at radius 3 is 2.36 bits per heavy atom. The largest absolute Gasteiger partial charge is 0.377 e. The number of anilines is 2. The Labute approximate surface area is 164 Å². The Bertz CT molecular complexity index is 1060. The van der Waals surface area contributed by atoms with Crippen molar-refractivity contribution in [2.45, 2.75) is 12.8 Å². The summed E-state index contributed by atoms with van der Waals surface area (Å²) >= 11 is 0. The average molecular weight is 370 g/mol. The number of carbonyl (C=O) groups is 2. The van der Waals surface area contributed by atoms with Crippen molar-refractivity contribution in [1.82, 2.24) is 0 Å². The quantitative estimate of drug-likeness (QED) is 0.718. The van der Waals surface area contributed by atoms with E-state index in [4.69, 9.17) is 0 Å². The molecular weight excluding hydrogens is 348 g/mol. The van der Waals surface area contributed by atoms with Crippen LogP contribution in [0, 0.1) is 0 Å². The molecule has 140 valence electrons. The molecule has 0 unspecified atom stereocenters. The lowest BCUT2D eigenvalue weighted by Crippen LogP contribution is -2.19. The van der Waals surface area contributed by atoms with Gasteiger partial charge < -0.3 is 10.2 Å². The summed E-state index contributed by atoms with van der Waals surface area (Å²) in [5.74, 6) is -0.123. The molecule has 0 radical (unpaired) electrons. The summed E-state index contributed by atoms with van der Waals surface area (Å²) < 4.78 is 0. The van der Waals surface area contributed by atoms with Crippen LogP contribution in [0.1, 0.15) is 32.7 Å². The maximum Gasteiger partial charge on any atom is 0.257 e. The van der Waals surface area contributed by atoms with Gasteiger partial charge in [0.15, 0.2) is 5.78 Å². The van der Waals surface area contributed by atoms with Crippen LogP contribution in [0.4, 0.5) is 11.4 Å². The number of ketones is 1. The van der Waals surface area contributed by atoms with Crippen molar-refractivity contribution in [3.05, 3.63) is 83.4 Å². The standard InChI is InChI=1S/C24H22N2O2/c1-26(2)21-11-7-6-10-19(21)24(28)25-20-14-12-17(16-8-4-3-5-9-16)18-13-15-22(27)23(18)20/h3-12,14H,13,15H2,1-2H3,(H,25,28). The smallest absolute Gasteiger partial charge is 0.257 e. The third-order valence-corrected chi connectivity index (χ3v) is 5.16. The van der Waals surface area contributed by atoms with Crippen molar-refractivity contribution >= 4 is 23.1 Å². The van der Waals surface area contributed by atoms with Crippen molar-refractivity contribution in [2.75, 3.05) is 24.3 Å². The summed E-state index contributed by atoms with van der Waals surface area (Å²) in [4.78, 5) is 27.5. The normalized spacial score (nSPS) is 12.6. The fraction of sp³-hybridized carbons (Fsp3) is 0.167. The molecule has 0 saturated heterocycles. The van der Waals surface area contributed by atoms with Crippen LogP contribution in [0.25, 0.3) is 11.1 Å². The minimum absolute atomic E-state index is 0.0870. The Kier molecular flexibility index (Phi) is 4.70. The maximum atomic E-state index is 13.0. The molecule has 0 bridgehead atoms. The number of Topliss-reactive ketones (excluding diaryl/α,β-unsaturated/α-hetero) is 1. The number of hydrogen-bond acceptors (Lipinski definition) is 3. The van der Waals surface area contributed by atoms with Crippen LogP contribution < -0.4 is 10.2 Å². The fourth-order valence-corrected chi connectivity index (χ4v) is 3.83. The van der Waals surface area contributed by atoms with E-state index in [0.29, 0.717) is 29.7 Å². The van der Waals surface area contributed by atoms with Gasteiger partial charge in [-0.2, -0.15) is 0 Å². The lowest BCUT2D eigenvalue weighted by molar-refractivity contribution is 0.0995. The summed E-state index contributed by atoms with van der Waals surface area (Å²) in [6, 6.07) is 21.4. The highest BCUT2D eigenvalue weighted by Crippen LogP contribution is 2.37. The molecular formula is C24H22N2O2. The Morgan fingerprint density at radius 1 is 0.893 bits per heavy atom.